The van der Waals surface area contributed by atoms with Crippen LogP contribution in [0.5, 0.6) is 0 Å². The SMILES string of the molecule is CCCN(CCC)C1CCNC1.Cl.Cl. The van der Waals surface area contributed by atoms with Crippen LogP contribution in [-0.2, 0) is 0 Å². The van der Waals surface area contributed by atoms with E-state index in [-0.39, 0.29) is 24.8 Å². The summed E-state index contributed by atoms with van der Waals surface area (Å²) >= 11 is 0. The van der Waals surface area contributed by atoms with Gasteiger partial charge < -0.3 is 5.32 Å². The van der Waals surface area contributed by atoms with Crippen LogP contribution in [0.25, 0.3) is 0 Å². The number of rotatable bonds is 5. The molecular formula is C10H24Cl2N2. The zero-order valence-corrected chi connectivity index (χ0v) is 10.9. The van der Waals surface area contributed by atoms with Gasteiger partial charge in [0.2, 0.25) is 0 Å². The van der Waals surface area contributed by atoms with E-state index >= 15 is 0 Å². The van der Waals surface area contributed by atoms with Crippen molar-refractivity contribution >= 4 is 24.8 Å². The van der Waals surface area contributed by atoms with Crippen LogP contribution in [0.4, 0.5) is 0 Å². The molecule has 0 amide bonds. The van der Waals surface area contributed by atoms with E-state index in [0.29, 0.717) is 0 Å². The van der Waals surface area contributed by atoms with E-state index in [1.54, 1.807) is 0 Å². The minimum absolute atomic E-state index is 0. The zero-order chi connectivity index (χ0) is 8.81. The van der Waals surface area contributed by atoms with Crippen molar-refractivity contribution in [2.75, 3.05) is 26.2 Å². The van der Waals surface area contributed by atoms with Gasteiger partial charge in [-0.1, -0.05) is 13.8 Å². The fourth-order valence-corrected chi connectivity index (χ4v) is 2.00. The molecule has 1 atom stereocenters. The Morgan fingerprint density at radius 1 is 1.14 bits per heavy atom. The smallest absolute Gasteiger partial charge is 0.0232 e. The predicted molar refractivity (Wildman–Crippen MR) is 67.9 cm³/mol. The molecule has 1 fully saturated rings. The molecule has 0 aromatic rings. The first-order valence-corrected chi connectivity index (χ1v) is 5.33. The Labute approximate surface area is 101 Å². The molecule has 1 aliphatic heterocycles. The Hall–Kier alpha value is 0.500. The standard InChI is InChI=1S/C10H22N2.2ClH/c1-3-7-12(8-4-2)10-5-6-11-9-10;;/h10-11H,3-9H2,1-2H3;2*1H. The highest BCUT2D eigenvalue weighted by atomic mass is 35.5. The van der Waals surface area contributed by atoms with Crippen LogP contribution >= 0.6 is 24.8 Å². The van der Waals surface area contributed by atoms with Crippen LogP contribution in [-0.4, -0.2) is 37.1 Å². The predicted octanol–water partition coefficient (Wildman–Crippen LogP) is 2.31. The van der Waals surface area contributed by atoms with Gasteiger partial charge in [0, 0.05) is 12.6 Å². The maximum Gasteiger partial charge on any atom is 0.0232 e. The highest BCUT2D eigenvalue weighted by Crippen LogP contribution is 2.09. The molecule has 2 nitrogen and oxygen atoms in total. The molecule has 0 spiro atoms. The minimum atomic E-state index is 0. The number of hydrogen-bond acceptors (Lipinski definition) is 2. The molecule has 0 aromatic carbocycles. The molecule has 1 unspecified atom stereocenters. The van der Waals surface area contributed by atoms with Crippen LogP contribution in [0.1, 0.15) is 33.1 Å². The van der Waals surface area contributed by atoms with Crippen LogP contribution in [0, 0.1) is 0 Å². The summed E-state index contributed by atoms with van der Waals surface area (Å²) < 4.78 is 0. The van der Waals surface area contributed by atoms with Crippen molar-refractivity contribution in [1.29, 1.82) is 0 Å². The lowest BCUT2D eigenvalue weighted by atomic mass is 10.2. The summed E-state index contributed by atoms with van der Waals surface area (Å²) in [6, 6.07) is 0.824. The minimum Gasteiger partial charge on any atom is -0.315 e. The van der Waals surface area contributed by atoms with E-state index in [0.717, 1.165) is 6.04 Å². The van der Waals surface area contributed by atoms with Gasteiger partial charge in [-0.3, -0.25) is 4.90 Å². The summed E-state index contributed by atoms with van der Waals surface area (Å²) in [5.41, 5.74) is 0. The quantitative estimate of drug-likeness (QED) is 0.797. The second-order valence-corrected chi connectivity index (χ2v) is 3.68. The van der Waals surface area contributed by atoms with Gasteiger partial charge in [-0.05, 0) is 38.9 Å². The lowest BCUT2D eigenvalue weighted by Crippen LogP contribution is -2.37. The van der Waals surface area contributed by atoms with E-state index in [4.69, 9.17) is 0 Å². The van der Waals surface area contributed by atoms with E-state index < -0.39 is 0 Å². The molecule has 1 aliphatic rings. The van der Waals surface area contributed by atoms with E-state index in [2.05, 4.69) is 24.1 Å². The summed E-state index contributed by atoms with van der Waals surface area (Å²) in [5.74, 6) is 0. The average molecular weight is 243 g/mol. The van der Waals surface area contributed by atoms with Crippen molar-refractivity contribution in [3.63, 3.8) is 0 Å². The Morgan fingerprint density at radius 3 is 2.07 bits per heavy atom. The van der Waals surface area contributed by atoms with Crippen LogP contribution < -0.4 is 5.32 Å². The van der Waals surface area contributed by atoms with Crippen molar-refractivity contribution in [2.45, 2.75) is 39.2 Å². The molecule has 88 valence electrons. The maximum atomic E-state index is 3.43. The first-order valence-electron chi connectivity index (χ1n) is 5.33. The Kier molecular flexibility index (Phi) is 12.1. The molecule has 0 radical (unpaired) electrons. The van der Waals surface area contributed by atoms with Gasteiger partial charge in [-0.2, -0.15) is 0 Å². The van der Waals surface area contributed by atoms with Crippen LogP contribution in [0.2, 0.25) is 0 Å². The molecule has 0 bridgehead atoms. The van der Waals surface area contributed by atoms with Crippen molar-refractivity contribution in [3.05, 3.63) is 0 Å². The highest BCUT2D eigenvalue weighted by Gasteiger charge is 2.20. The molecule has 14 heavy (non-hydrogen) atoms. The zero-order valence-electron chi connectivity index (χ0n) is 9.29. The first kappa shape index (κ1) is 16.9. The monoisotopic (exact) mass is 242 g/mol. The maximum absolute atomic E-state index is 3.43. The van der Waals surface area contributed by atoms with Gasteiger partial charge in [-0.15, -0.1) is 24.8 Å². The summed E-state index contributed by atoms with van der Waals surface area (Å²) in [5, 5.41) is 3.43. The highest BCUT2D eigenvalue weighted by molar-refractivity contribution is 5.85. The lowest BCUT2D eigenvalue weighted by molar-refractivity contribution is 0.209. The fraction of sp³-hybridized carbons (Fsp3) is 1.00. The molecule has 0 aromatic heterocycles. The summed E-state index contributed by atoms with van der Waals surface area (Å²) in [6.45, 7) is 9.52. The van der Waals surface area contributed by atoms with Gasteiger partial charge in [0.1, 0.15) is 0 Å². The lowest BCUT2D eigenvalue weighted by Gasteiger charge is -2.27. The topological polar surface area (TPSA) is 15.3 Å². The Morgan fingerprint density at radius 2 is 1.71 bits per heavy atom. The van der Waals surface area contributed by atoms with E-state index in [1.807, 2.05) is 0 Å². The summed E-state index contributed by atoms with van der Waals surface area (Å²) in [4.78, 5) is 2.64. The van der Waals surface area contributed by atoms with Gasteiger partial charge in [0.15, 0.2) is 0 Å². The largest absolute Gasteiger partial charge is 0.315 e. The third-order valence-electron chi connectivity index (χ3n) is 2.57. The number of nitrogens with one attached hydrogen (secondary N) is 1. The molecular weight excluding hydrogens is 219 g/mol. The second kappa shape index (κ2) is 10.0. The van der Waals surface area contributed by atoms with Gasteiger partial charge in [0.05, 0.1) is 0 Å². The van der Waals surface area contributed by atoms with Gasteiger partial charge in [-0.25, -0.2) is 0 Å². The fourth-order valence-electron chi connectivity index (χ4n) is 2.00. The third kappa shape index (κ3) is 5.40. The second-order valence-electron chi connectivity index (χ2n) is 3.68. The Balaban J connectivity index is 0. The number of hydrogen-bond donors (Lipinski definition) is 1. The van der Waals surface area contributed by atoms with Crippen molar-refractivity contribution < 1.29 is 0 Å². The third-order valence-corrected chi connectivity index (χ3v) is 2.57. The first-order chi connectivity index (χ1) is 5.88. The normalized spacial score (nSPS) is 20.4. The van der Waals surface area contributed by atoms with E-state index in [1.165, 1.54) is 45.4 Å². The number of nitrogens with zero attached hydrogens (tertiary/aromatic N) is 1. The van der Waals surface area contributed by atoms with Crippen LogP contribution in [0.3, 0.4) is 0 Å². The molecule has 0 saturated carbocycles. The van der Waals surface area contributed by atoms with Crippen molar-refractivity contribution in [2.24, 2.45) is 0 Å². The Bertz CT molecular complexity index is 111. The molecule has 1 heterocycles. The van der Waals surface area contributed by atoms with Crippen LogP contribution in [0.15, 0.2) is 0 Å². The molecule has 1 N–H and O–H groups in total. The molecule has 0 aliphatic carbocycles. The van der Waals surface area contributed by atoms with Gasteiger partial charge in [0.25, 0.3) is 0 Å². The average Bonchev–Trinajstić information content (AvgIpc) is 2.56. The van der Waals surface area contributed by atoms with Gasteiger partial charge >= 0.3 is 0 Å². The molecule has 1 saturated heterocycles. The summed E-state index contributed by atoms with van der Waals surface area (Å²) in [7, 11) is 0. The van der Waals surface area contributed by atoms with E-state index in [9.17, 15) is 0 Å². The van der Waals surface area contributed by atoms with Crippen molar-refractivity contribution in [1.82, 2.24) is 10.2 Å². The van der Waals surface area contributed by atoms with Crippen molar-refractivity contribution in [3.8, 4) is 0 Å². The number of halogens is 2. The summed E-state index contributed by atoms with van der Waals surface area (Å²) in [6.07, 6.45) is 3.92. The molecule has 4 heteroatoms. The molecule has 1 rings (SSSR count).